The van der Waals surface area contributed by atoms with Crippen LogP contribution in [0.1, 0.15) is 63.1 Å². The number of halogens is 3. The van der Waals surface area contributed by atoms with Gasteiger partial charge in [-0.05, 0) is 85.0 Å². The number of aliphatic hydroxyl groups is 1. The quantitative estimate of drug-likeness (QED) is 0.0821. The maximum Gasteiger partial charge on any atom is 0.416 e. The van der Waals surface area contributed by atoms with E-state index in [9.17, 15) is 27.6 Å². The van der Waals surface area contributed by atoms with Crippen LogP contribution in [0.15, 0.2) is 85.1 Å². The minimum absolute atomic E-state index is 0.0179. The summed E-state index contributed by atoms with van der Waals surface area (Å²) in [6.45, 7) is 7.26. The molecule has 62 heavy (non-hydrogen) atoms. The number of amides is 3. The molecule has 2 fully saturated rings. The molecule has 2 aliphatic heterocycles. The van der Waals surface area contributed by atoms with Gasteiger partial charge in [-0.25, -0.2) is 0 Å². The normalized spacial score (nSPS) is 14.8. The molecule has 3 N–H and O–H groups in total. The van der Waals surface area contributed by atoms with E-state index < -0.39 is 17.6 Å². The van der Waals surface area contributed by atoms with Crippen molar-refractivity contribution in [3.8, 4) is 11.3 Å². The molecule has 2 saturated heterocycles. The SMILES string of the molecule is O=C(NCc1cccc(C(F)(F)F)c1)c1ccnc(-c2cc(N3CCCCC3)ccc2NC(=O)c2cccc(CSCCOCCC(=O)N3CCN(CCOCCO)CC3)c2)c1. The summed E-state index contributed by atoms with van der Waals surface area (Å²) >= 11 is 1.68. The fourth-order valence-electron chi connectivity index (χ4n) is 7.37. The molecule has 3 amide bonds. The van der Waals surface area contributed by atoms with Crippen LogP contribution in [0.3, 0.4) is 0 Å². The molecule has 3 aromatic carbocycles. The number of pyridine rings is 1. The fraction of sp³-hybridized carbons (Fsp3) is 0.435. The van der Waals surface area contributed by atoms with Gasteiger partial charge >= 0.3 is 6.18 Å². The Hall–Kier alpha value is -5.00. The van der Waals surface area contributed by atoms with E-state index in [1.165, 1.54) is 18.3 Å². The molecule has 2 aliphatic rings. The summed E-state index contributed by atoms with van der Waals surface area (Å²) < 4.78 is 50.9. The Bertz CT molecular complexity index is 2090. The van der Waals surface area contributed by atoms with E-state index in [1.54, 1.807) is 30.0 Å². The highest BCUT2D eigenvalue weighted by atomic mass is 32.2. The summed E-state index contributed by atoms with van der Waals surface area (Å²) in [5.74, 6) is 0.710. The Morgan fingerprint density at radius 3 is 2.32 bits per heavy atom. The van der Waals surface area contributed by atoms with E-state index in [4.69, 9.17) is 14.6 Å². The lowest BCUT2D eigenvalue weighted by molar-refractivity contribution is -0.137. The van der Waals surface area contributed by atoms with E-state index in [1.807, 2.05) is 41.3 Å². The lowest BCUT2D eigenvalue weighted by atomic mass is 10.0. The number of benzene rings is 3. The van der Waals surface area contributed by atoms with Crippen LogP contribution in [0, 0.1) is 0 Å². The van der Waals surface area contributed by atoms with Gasteiger partial charge in [0.2, 0.25) is 5.91 Å². The smallest absolute Gasteiger partial charge is 0.394 e. The van der Waals surface area contributed by atoms with Gasteiger partial charge in [-0.2, -0.15) is 24.9 Å². The zero-order valence-electron chi connectivity index (χ0n) is 34.8. The second kappa shape index (κ2) is 23.4. The van der Waals surface area contributed by atoms with Crippen molar-refractivity contribution in [1.82, 2.24) is 20.1 Å². The van der Waals surface area contributed by atoms with Crippen molar-refractivity contribution in [2.24, 2.45) is 0 Å². The van der Waals surface area contributed by atoms with Gasteiger partial charge in [0.1, 0.15) is 0 Å². The van der Waals surface area contributed by atoms with Crippen molar-refractivity contribution in [3.05, 3.63) is 113 Å². The zero-order chi connectivity index (χ0) is 43.7. The number of nitrogens with one attached hydrogen (secondary N) is 2. The maximum atomic E-state index is 13.8. The Labute approximate surface area is 365 Å². The molecule has 0 spiro atoms. The lowest BCUT2D eigenvalue weighted by Crippen LogP contribution is -2.49. The second-order valence-corrected chi connectivity index (χ2v) is 16.3. The lowest BCUT2D eigenvalue weighted by Gasteiger charge is -2.34. The molecular weight excluding hydrogens is 822 g/mol. The first-order valence-electron chi connectivity index (χ1n) is 21.1. The number of aromatic nitrogens is 1. The van der Waals surface area contributed by atoms with Crippen LogP contribution in [-0.2, 0) is 32.7 Å². The van der Waals surface area contributed by atoms with Gasteiger partial charge in [-0.3, -0.25) is 24.3 Å². The highest BCUT2D eigenvalue weighted by Gasteiger charge is 2.30. The van der Waals surface area contributed by atoms with Gasteiger partial charge in [0.05, 0.1) is 56.4 Å². The van der Waals surface area contributed by atoms with Gasteiger partial charge in [-0.15, -0.1) is 0 Å². The van der Waals surface area contributed by atoms with Crippen molar-refractivity contribution in [2.45, 2.75) is 44.2 Å². The highest BCUT2D eigenvalue weighted by Crippen LogP contribution is 2.34. The largest absolute Gasteiger partial charge is 0.416 e. The number of carbonyl (C=O) groups excluding carboxylic acids is 3. The zero-order valence-corrected chi connectivity index (χ0v) is 35.7. The third-order valence-corrected chi connectivity index (χ3v) is 11.8. The van der Waals surface area contributed by atoms with Crippen molar-refractivity contribution in [2.75, 3.05) is 94.8 Å². The Morgan fingerprint density at radius 1 is 0.774 bits per heavy atom. The standard InChI is InChI=1S/C46H55F3N6O6S/c47-46(48,49)38-9-5-6-34(29-38)32-51-44(58)37-12-14-50-42(30-37)40-31-39(54-15-2-1-3-16-54)10-11-41(40)52-45(59)36-8-4-7-35(28-36)33-62-27-26-60-23-13-43(57)55-19-17-53(18-20-55)21-24-61-25-22-56/h4-12,14,28-31,56H,1-3,13,15-27,32-33H2,(H,51,58)(H,52,59). The summed E-state index contributed by atoms with van der Waals surface area (Å²) in [7, 11) is 0. The number of alkyl halides is 3. The number of nitrogens with zero attached hydrogens (tertiary/aromatic N) is 4. The van der Waals surface area contributed by atoms with Crippen LogP contribution < -0.4 is 15.5 Å². The molecule has 4 aromatic rings. The van der Waals surface area contributed by atoms with Gasteiger partial charge in [-0.1, -0.05) is 24.3 Å². The number of aliphatic hydroxyl groups excluding tert-OH is 1. The molecule has 3 heterocycles. The summed E-state index contributed by atoms with van der Waals surface area (Å²) in [6.07, 6.45) is 0.656. The first kappa shape index (κ1) is 46.5. The monoisotopic (exact) mass is 876 g/mol. The van der Waals surface area contributed by atoms with E-state index in [-0.39, 0.29) is 30.5 Å². The van der Waals surface area contributed by atoms with Crippen LogP contribution in [0.25, 0.3) is 11.3 Å². The third-order valence-electron chi connectivity index (χ3n) is 10.8. The minimum atomic E-state index is -4.49. The molecule has 0 saturated carbocycles. The van der Waals surface area contributed by atoms with Crippen molar-refractivity contribution in [3.63, 3.8) is 0 Å². The molecule has 6 rings (SSSR count). The predicted molar refractivity (Wildman–Crippen MR) is 235 cm³/mol. The molecule has 332 valence electrons. The number of rotatable bonds is 20. The van der Waals surface area contributed by atoms with Gasteiger partial charge in [0.15, 0.2) is 0 Å². The fourth-order valence-corrected chi connectivity index (χ4v) is 8.16. The van der Waals surface area contributed by atoms with Crippen molar-refractivity contribution < 1.29 is 42.1 Å². The van der Waals surface area contributed by atoms with E-state index in [0.29, 0.717) is 79.8 Å². The number of carbonyl (C=O) groups is 3. The summed E-state index contributed by atoms with van der Waals surface area (Å²) in [5, 5.41) is 14.6. The minimum Gasteiger partial charge on any atom is -0.394 e. The van der Waals surface area contributed by atoms with E-state index in [0.717, 1.165) is 81.1 Å². The summed E-state index contributed by atoms with van der Waals surface area (Å²) in [4.78, 5) is 50.7. The molecular formula is C46H55F3N6O6S. The number of piperazine rings is 1. The number of ether oxygens (including phenoxy) is 2. The molecule has 0 atom stereocenters. The number of thioether (sulfide) groups is 1. The van der Waals surface area contributed by atoms with Crippen molar-refractivity contribution in [1.29, 1.82) is 0 Å². The molecule has 1 aromatic heterocycles. The van der Waals surface area contributed by atoms with Crippen LogP contribution in [-0.4, -0.2) is 122 Å². The van der Waals surface area contributed by atoms with Crippen LogP contribution in [0.5, 0.6) is 0 Å². The molecule has 0 unspecified atom stereocenters. The highest BCUT2D eigenvalue weighted by molar-refractivity contribution is 7.98. The van der Waals surface area contributed by atoms with Crippen molar-refractivity contribution >= 4 is 40.9 Å². The van der Waals surface area contributed by atoms with Gasteiger partial charge < -0.3 is 35.0 Å². The molecule has 12 nitrogen and oxygen atoms in total. The third kappa shape index (κ3) is 14.0. The number of hydrogen-bond donors (Lipinski definition) is 3. The topological polar surface area (TPSA) is 137 Å². The molecule has 0 radical (unpaired) electrons. The average molecular weight is 877 g/mol. The summed E-state index contributed by atoms with van der Waals surface area (Å²) in [5.41, 5.74) is 3.84. The van der Waals surface area contributed by atoms with E-state index in [2.05, 4.69) is 25.4 Å². The van der Waals surface area contributed by atoms with E-state index >= 15 is 0 Å². The maximum absolute atomic E-state index is 13.8. The number of piperidine rings is 1. The number of anilines is 2. The average Bonchev–Trinajstić information content (AvgIpc) is 3.29. The molecule has 0 bridgehead atoms. The molecule has 16 heteroatoms. The van der Waals surface area contributed by atoms with Gasteiger partial charge in [0.25, 0.3) is 11.8 Å². The second-order valence-electron chi connectivity index (χ2n) is 15.2. The Balaban J connectivity index is 1.01. The Morgan fingerprint density at radius 2 is 1.53 bits per heavy atom. The van der Waals surface area contributed by atoms with Crippen LogP contribution in [0.4, 0.5) is 24.5 Å². The first-order chi connectivity index (χ1) is 30.1. The van der Waals surface area contributed by atoms with Gasteiger partial charge in [0, 0.05) is 92.4 Å². The van der Waals surface area contributed by atoms with Crippen LogP contribution in [0.2, 0.25) is 0 Å². The van der Waals surface area contributed by atoms with Crippen LogP contribution >= 0.6 is 11.8 Å². The molecule has 0 aliphatic carbocycles. The Kier molecular flexibility index (Phi) is 17.6. The summed E-state index contributed by atoms with van der Waals surface area (Å²) in [6, 6.07) is 21.2. The first-order valence-corrected chi connectivity index (χ1v) is 22.3. The number of hydrogen-bond acceptors (Lipinski definition) is 10. The predicted octanol–water partition coefficient (Wildman–Crippen LogP) is 6.73.